The molecule has 0 heterocycles. The Hall–Kier alpha value is -1.51. The molecule has 0 radical (unpaired) electrons. The third-order valence-corrected chi connectivity index (χ3v) is 1.65. The van der Waals surface area contributed by atoms with Crippen molar-refractivity contribution in [3.05, 3.63) is 29.8 Å². The van der Waals surface area contributed by atoms with Gasteiger partial charge in [-0.1, -0.05) is 17.7 Å². The fraction of sp³-hybridized carbons (Fsp3) is 0.300. The number of aryl methyl sites for hydroxylation is 1. The summed E-state index contributed by atoms with van der Waals surface area (Å²) in [5.41, 5.74) is 7.80. The molecule has 0 amide bonds. The number of anilines is 1. The van der Waals surface area contributed by atoms with Gasteiger partial charge in [0.1, 0.15) is 0 Å². The van der Waals surface area contributed by atoms with E-state index in [1.807, 2.05) is 38.1 Å². The molecule has 3 N–H and O–H groups in total. The Morgan fingerprint density at radius 1 is 1.38 bits per heavy atom. The van der Waals surface area contributed by atoms with Gasteiger partial charge in [-0.15, -0.1) is 0 Å². The molecule has 1 aromatic carbocycles. The number of guanidine groups is 1. The molecular weight excluding hydrogens is 162 g/mol. The van der Waals surface area contributed by atoms with Gasteiger partial charge in [0.2, 0.25) is 0 Å². The summed E-state index contributed by atoms with van der Waals surface area (Å²) in [4.78, 5) is 4.03. The Labute approximate surface area is 78.7 Å². The molecule has 1 rings (SSSR count). The van der Waals surface area contributed by atoms with Crippen LogP contribution in [0.15, 0.2) is 29.3 Å². The topological polar surface area (TPSA) is 50.4 Å². The average molecular weight is 177 g/mol. The number of hydrogen-bond donors (Lipinski definition) is 2. The Morgan fingerprint density at radius 2 is 2.00 bits per heavy atom. The van der Waals surface area contributed by atoms with E-state index in [0.29, 0.717) is 12.5 Å². The van der Waals surface area contributed by atoms with Gasteiger partial charge in [0.15, 0.2) is 5.96 Å². The third kappa shape index (κ3) is 3.15. The zero-order valence-electron chi connectivity index (χ0n) is 8.04. The molecular formula is C10H15N3. The molecule has 1 aromatic rings. The molecule has 0 aromatic heterocycles. The van der Waals surface area contributed by atoms with E-state index in [-0.39, 0.29) is 0 Å². The minimum atomic E-state index is 0.464. The maximum atomic E-state index is 5.59. The van der Waals surface area contributed by atoms with Crippen molar-refractivity contribution in [2.24, 2.45) is 10.7 Å². The zero-order chi connectivity index (χ0) is 9.68. The van der Waals surface area contributed by atoms with Crippen LogP contribution in [-0.4, -0.2) is 12.5 Å². The predicted molar refractivity (Wildman–Crippen MR) is 57.0 cm³/mol. The van der Waals surface area contributed by atoms with Crippen LogP contribution >= 0.6 is 0 Å². The van der Waals surface area contributed by atoms with Gasteiger partial charge >= 0.3 is 0 Å². The van der Waals surface area contributed by atoms with Crippen molar-refractivity contribution < 1.29 is 0 Å². The summed E-state index contributed by atoms with van der Waals surface area (Å²) in [6, 6.07) is 8.02. The fourth-order valence-corrected chi connectivity index (χ4v) is 0.995. The van der Waals surface area contributed by atoms with Crippen molar-refractivity contribution >= 4 is 11.6 Å². The number of hydrogen-bond acceptors (Lipinski definition) is 1. The first-order valence-corrected chi connectivity index (χ1v) is 4.36. The Balaban J connectivity index is 2.64. The van der Waals surface area contributed by atoms with E-state index in [0.717, 1.165) is 5.69 Å². The Morgan fingerprint density at radius 3 is 2.54 bits per heavy atom. The monoisotopic (exact) mass is 177 g/mol. The number of nitrogens with two attached hydrogens (primary N) is 1. The lowest BCUT2D eigenvalue weighted by Crippen LogP contribution is -2.22. The van der Waals surface area contributed by atoms with Gasteiger partial charge in [0.25, 0.3) is 0 Å². The van der Waals surface area contributed by atoms with Crippen LogP contribution in [0, 0.1) is 6.92 Å². The molecule has 0 saturated carbocycles. The van der Waals surface area contributed by atoms with Crippen molar-refractivity contribution in [2.75, 3.05) is 11.9 Å². The van der Waals surface area contributed by atoms with Crippen LogP contribution in [0.4, 0.5) is 5.69 Å². The van der Waals surface area contributed by atoms with Crippen molar-refractivity contribution in [1.82, 2.24) is 0 Å². The summed E-state index contributed by atoms with van der Waals surface area (Å²) >= 11 is 0. The highest BCUT2D eigenvalue weighted by atomic mass is 15.1. The first-order valence-electron chi connectivity index (χ1n) is 4.36. The number of rotatable bonds is 2. The van der Waals surface area contributed by atoms with Crippen molar-refractivity contribution in [3.8, 4) is 0 Å². The lowest BCUT2D eigenvalue weighted by Gasteiger charge is -2.04. The van der Waals surface area contributed by atoms with Crippen molar-refractivity contribution in [3.63, 3.8) is 0 Å². The molecule has 3 nitrogen and oxygen atoms in total. The van der Waals surface area contributed by atoms with Gasteiger partial charge < -0.3 is 11.1 Å². The quantitative estimate of drug-likeness (QED) is 0.534. The van der Waals surface area contributed by atoms with Gasteiger partial charge in [-0.2, -0.15) is 0 Å². The van der Waals surface area contributed by atoms with Crippen LogP contribution in [0.1, 0.15) is 12.5 Å². The lowest BCUT2D eigenvalue weighted by atomic mass is 10.2. The van der Waals surface area contributed by atoms with Crippen molar-refractivity contribution in [1.29, 1.82) is 0 Å². The Kier molecular flexibility index (Phi) is 3.31. The molecule has 0 unspecified atom stereocenters. The molecule has 0 bridgehead atoms. The van der Waals surface area contributed by atoms with Crippen LogP contribution in [0.2, 0.25) is 0 Å². The van der Waals surface area contributed by atoms with E-state index >= 15 is 0 Å². The highest BCUT2D eigenvalue weighted by molar-refractivity contribution is 5.92. The molecule has 70 valence electrons. The molecule has 0 spiro atoms. The first kappa shape index (κ1) is 9.58. The SMILES string of the molecule is CCN=C(N)Nc1ccc(C)cc1. The number of nitrogens with one attached hydrogen (secondary N) is 1. The third-order valence-electron chi connectivity index (χ3n) is 1.65. The van der Waals surface area contributed by atoms with Gasteiger partial charge in [-0.05, 0) is 26.0 Å². The first-order chi connectivity index (χ1) is 6.22. The van der Waals surface area contributed by atoms with E-state index in [4.69, 9.17) is 5.73 Å². The molecule has 13 heavy (non-hydrogen) atoms. The minimum Gasteiger partial charge on any atom is -0.370 e. The van der Waals surface area contributed by atoms with Gasteiger partial charge in [0.05, 0.1) is 0 Å². The Bertz CT molecular complexity index is 288. The van der Waals surface area contributed by atoms with E-state index in [2.05, 4.69) is 10.3 Å². The maximum absolute atomic E-state index is 5.59. The molecule has 0 aliphatic heterocycles. The summed E-state index contributed by atoms with van der Waals surface area (Å²) in [7, 11) is 0. The molecule has 0 saturated heterocycles. The molecule has 0 fully saturated rings. The highest BCUT2D eigenvalue weighted by Gasteiger charge is 1.92. The number of benzene rings is 1. The van der Waals surface area contributed by atoms with E-state index in [1.54, 1.807) is 0 Å². The second-order valence-electron chi connectivity index (χ2n) is 2.85. The number of aliphatic imine (C=N–C) groups is 1. The molecule has 0 atom stereocenters. The van der Waals surface area contributed by atoms with Gasteiger partial charge in [-0.25, -0.2) is 0 Å². The maximum Gasteiger partial charge on any atom is 0.193 e. The minimum absolute atomic E-state index is 0.464. The summed E-state index contributed by atoms with van der Waals surface area (Å²) in [5, 5.41) is 3.00. The standard InChI is InChI=1S/C10H15N3/c1-3-12-10(11)13-9-6-4-8(2)5-7-9/h4-7H,3H2,1-2H3,(H3,11,12,13). The predicted octanol–water partition coefficient (Wildman–Crippen LogP) is 1.74. The average Bonchev–Trinajstić information content (AvgIpc) is 2.09. The number of nitrogens with zero attached hydrogens (tertiary/aromatic N) is 1. The second-order valence-corrected chi connectivity index (χ2v) is 2.85. The summed E-state index contributed by atoms with van der Waals surface area (Å²) < 4.78 is 0. The lowest BCUT2D eigenvalue weighted by molar-refractivity contribution is 1.12. The summed E-state index contributed by atoms with van der Waals surface area (Å²) in [6.07, 6.45) is 0. The van der Waals surface area contributed by atoms with E-state index in [1.165, 1.54) is 5.56 Å². The normalized spacial score (nSPS) is 11.4. The zero-order valence-corrected chi connectivity index (χ0v) is 8.04. The molecule has 0 aliphatic rings. The smallest absolute Gasteiger partial charge is 0.193 e. The van der Waals surface area contributed by atoms with Gasteiger partial charge in [0, 0.05) is 12.2 Å². The van der Waals surface area contributed by atoms with Crippen LogP contribution < -0.4 is 11.1 Å². The van der Waals surface area contributed by atoms with Crippen LogP contribution in [0.5, 0.6) is 0 Å². The van der Waals surface area contributed by atoms with Crippen LogP contribution in [0.3, 0.4) is 0 Å². The largest absolute Gasteiger partial charge is 0.370 e. The fourth-order valence-electron chi connectivity index (χ4n) is 0.995. The van der Waals surface area contributed by atoms with Crippen LogP contribution in [0.25, 0.3) is 0 Å². The highest BCUT2D eigenvalue weighted by Crippen LogP contribution is 2.07. The second kappa shape index (κ2) is 4.50. The summed E-state index contributed by atoms with van der Waals surface area (Å²) in [5.74, 6) is 0.464. The molecule has 3 heteroatoms. The van der Waals surface area contributed by atoms with E-state index < -0.39 is 0 Å². The van der Waals surface area contributed by atoms with Crippen LogP contribution in [-0.2, 0) is 0 Å². The molecule has 0 aliphatic carbocycles. The summed E-state index contributed by atoms with van der Waals surface area (Å²) in [6.45, 7) is 4.70. The van der Waals surface area contributed by atoms with Crippen molar-refractivity contribution in [2.45, 2.75) is 13.8 Å². The van der Waals surface area contributed by atoms with E-state index in [9.17, 15) is 0 Å². The van der Waals surface area contributed by atoms with Gasteiger partial charge in [-0.3, -0.25) is 4.99 Å².